The first-order valence-electron chi connectivity index (χ1n) is 9.76. The van der Waals surface area contributed by atoms with Crippen molar-refractivity contribution in [2.75, 3.05) is 10.6 Å². The predicted molar refractivity (Wildman–Crippen MR) is 116 cm³/mol. The van der Waals surface area contributed by atoms with Crippen molar-refractivity contribution < 1.29 is 22.8 Å². The van der Waals surface area contributed by atoms with Gasteiger partial charge in [-0.2, -0.15) is 4.72 Å². The van der Waals surface area contributed by atoms with Crippen molar-refractivity contribution in [2.24, 2.45) is 0 Å². The summed E-state index contributed by atoms with van der Waals surface area (Å²) in [5.41, 5.74) is 1.39. The fourth-order valence-corrected chi connectivity index (χ4v) is 3.93. The summed E-state index contributed by atoms with van der Waals surface area (Å²) in [6, 6.07) is 11.2. The van der Waals surface area contributed by atoms with E-state index in [9.17, 15) is 22.8 Å². The second kappa shape index (κ2) is 9.27. The van der Waals surface area contributed by atoms with Crippen LogP contribution in [0.3, 0.4) is 0 Å². The highest BCUT2D eigenvalue weighted by Crippen LogP contribution is 2.20. The van der Waals surface area contributed by atoms with Crippen LogP contribution >= 0.6 is 0 Å². The Morgan fingerprint density at radius 1 is 0.903 bits per heavy atom. The molecule has 164 valence electrons. The molecule has 1 saturated carbocycles. The number of nitrogens with one attached hydrogen (secondary N) is 4. The van der Waals surface area contributed by atoms with E-state index in [0.717, 1.165) is 12.8 Å². The lowest BCUT2D eigenvalue weighted by atomic mass is 10.2. The first kappa shape index (κ1) is 22.4. The van der Waals surface area contributed by atoms with Crippen LogP contribution in [0.2, 0.25) is 0 Å². The van der Waals surface area contributed by atoms with E-state index < -0.39 is 22.0 Å². The lowest BCUT2D eigenvalue weighted by molar-refractivity contribution is -0.117. The van der Waals surface area contributed by atoms with Crippen LogP contribution in [0.15, 0.2) is 53.4 Å². The standard InChI is InChI=1S/C21H24N4O5S/c1-13(25-31(29,30)19-11-9-16(10-12-19)22-14(2)26)20(27)23-17-5-3-15(4-6-17)21(28)24-18-7-8-18/h3-6,9-13,18,25H,7-8H2,1-2H3,(H,22,26)(H,23,27)(H,24,28)/t13-/m0/s1. The van der Waals surface area contributed by atoms with E-state index in [1.54, 1.807) is 24.3 Å². The zero-order chi connectivity index (χ0) is 22.6. The quantitative estimate of drug-likeness (QED) is 0.493. The van der Waals surface area contributed by atoms with Crippen LogP contribution in [-0.4, -0.2) is 38.2 Å². The van der Waals surface area contributed by atoms with Crippen molar-refractivity contribution in [3.05, 3.63) is 54.1 Å². The summed E-state index contributed by atoms with van der Waals surface area (Å²) in [4.78, 5) is 35.4. The SMILES string of the molecule is CC(=O)Nc1ccc(S(=O)(=O)N[C@@H](C)C(=O)Nc2ccc(C(=O)NC3CC3)cc2)cc1. The highest BCUT2D eigenvalue weighted by molar-refractivity contribution is 7.89. The third kappa shape index (κ3) is 6.37. The topological polar surface area (TPSA) is 133 Å². The average Bonchev–Trinajstić information content (AvgIpc) is 3.52. The van der Waals surface area contributed by atoms with E-state index >= 15 is 0 Å². The van der Waals surface area contributed by atoms with Gasteiger partial charge in [-0.3, -0.25) is 14.4 Å². The molecule has 0 saturated heterocycles. The molecule has 0 heterocycles. The molecule has 0 aliphatic heterocycles. The monoisotopic (exact) mass is 444 g/mol. The zero-order valence-corrected chi connectivity index (χ0v) is 18.0. The van der Waals surface area contributed by atoms with Crippen LogP contribution in [0.1, 0.15) is 37.0 Å². The Hall–Kier alpha value is -3.24. The van der Waals surface area contributed by atoms with Gasteiger partial charge in [-0.25, -0.2) is 8.42 Å². The second-order valence-corrected chi connectivity index (χ2v) is 9.08. The molecule has 1 aliphatic carbocycles. The van der Waals surface area contributed by atoms with Gasteiger partial charge in [0.2, 0.25) is 21.8 Å². The molecule has 1 fully saturated rings. The highest BCUT2D eigenvalue weighted by Gasteiger charge is 2.24. The molecule has 9 nitrogen and oxygen atoms in total. The summed E-state index contributed by atoms with van der Waals surface area (Å²) in [5, 5.41) is 8.05. The van der Waals surface area contributed by atoms with E-state index in [1.807, 2.05) is 0 Å². The lowest BCUT2D eigenvalue weighted by Crippen LogP contribution is -2.41. The molecular weight excluding hydrogens is 420 g/mol. The van der Waals surface area contributed by atoms with Crippen molar-refractivity contribution in [2.45, 2.75) is 43.7 Å². The first-order valence-corrected chi connectivity index (χ1v) is 11.2. The van der Waals surface area contributed by atoms with Crippen molar-refractivity contribution >= 4 is 39.1 Å². The van der Waals surface area contributed by atoms with Gasteiger partial charge in [0.1, 0.15) is 0 Å². The zero-order valence-electron chi connectivity index (χ0n) is 17.1. The Balaban J connectivity index is 1.57. The van der Waals surface area contributed by atoms with Gasteiger partial charge in [0, 0.05) is 29.9 Å². The summed E-state index contributed by atoms with van der Waals surface area (Å²) in [6.45, 7) is 2.78. The van der Waals surface area contributed by atoms with Gasteiger partial charge in [0.25, 0.3) is 5.91 Å². The first-order chi connectivity index (χ1) is 14.6. The van der Waals surface area contributed by atoms with Crippen molar-refractivity contribution in [1.82, 2.24) is 10.0 Å². The average molecular weight is 445 g/mol. The predicted octanol–water partition coefficient (Wildman–Crippen LogP) is 1.84. The molecule has 2 aromatic rings. The lowest BCUT2D eigenvalue weighted by Gasteiger charge is -2.15. The largest absolute Gasteiger partial charge is 0.349 e. The molecule has 0 unspecified atom stereocenters. The number of carbonyl (C=O) groups is 3. The van der Waals surface area contributed by atoms with Gasteiger partial charge >= 0.3 is 0 Å². The van der Waals surface area contributed by atoms with Crippen LogP contribution in [0.5, 0.6) is 0 Å². The third-order valence-electron chi connectivity index (χ3n) is 4.54. The van der Waals surface area contributed by atoms with Gasteiger partial charge in [-0.15, -0.1) is 0 Å². The number of carbonyl (C=O) groups excluding carboxylic acids is 3. The molecule has 1 atom stereocenters. The van der Waals surface area contributed by atoms with E-state index in [0.29, 0.717) is 16.9 Å². The van der Waals surface area contributed by atoms with Crippen LogP contribution in [0, 0.1) is 0 Å². The maximum atomic E-state index is 12.5. The van der Waals surface area contributed by atoms with Gasteiger partial charge in [0.15, 0.2) is 0 Å². The third-order valence-corrected chi connectivity index (χ3v) is 6.09. The molecule has 4 N–H and O–H groups in total. The molecule has 0 spiro atoms. The Morgan fingerprint density at radius 3 is 2.00 bits per heavy atom. The molecule has 3 amide bonds. The normalized spacial score (nSPS) is 14.4. The van der Waals surface area contributed by atoms with E-state index in [1.165, 1.54) is 38.1 Å². The Bertz CT molecular complexity index is 1080. The van der Waals surface area contributed by atoms with Crippen LogP contribution in [0.25, 0.3) is 0 Å². The Kier molecular flexibility index (Phi) is 6.71. The number of sulfonamides is 1. The van der Waals surface area contributed by atoms with E-state index in [2.05, 4.69) is 20.7 Å². The van der Waals surface area contributed by atoms with Crippen LogP contribution in [-0.2, 0) is 19.6 Å². The minimum atomic E-state index is -3.94. The molecule has 1 aliphatic rings. The molecule has 0 bridgehead atoms. The minimum Gasteiger partial charge on any atom is -0.349 e. The Labute approximate surface area is 180 Å². The van der Waals surface area contributed by atoms with Gasteiger partial charge in [-0.1, -0.05) is 0 Å². The fraction of sp³-hybridized carbons (Fsp3) is 0.286. The number of amides is 3. The van der Waals surface area contributed by atoms with Crippen molar-refractivity contribution in [1.29, 1.82) is 0 Å². The van der Waals surface area contributed by atoms with Gasteiger partial charge in [0.05, 0.1) is 10.9 Å². The summed E-state index contributed by atoms with van der Waals surface area (Å²) in [7, 11) is -3.94. The molecule has 31 heavy (non-hydrogen) atoms. The summed E-state index contributed by atoms with van der Waals surface area (Å²) in [5.74, 6) is -0.977. The maximum absolute atomic E-state index is 12.5. The van der Waals surface area contributed by atoms with Gasteiger partial charge in [-0.05, 0) is 68.3 Å². The van der Waals surface area contributed by atoms with E-state index in [4.69, 9.17) is 0 Å². The van der Waals surface area contributed by atoms with E-state index in [-0.39, 0.29) is 22.8 Å². The molecular formula is C21H24N4O5S. The number of anilines is 2. The molecule has 0 radical (unpaired) electrons. The molecule has 0 aromatic heterocycles. The molecule has 2 aromatic carbocycles. The number of benzene rings is 2. The summed E-state index contributed by atoms with van der Waals surface area (Å²) < 4.78 is 27.4. The molecule has 10 heteroatoms. The molecule has 3 rings (SSSR count). The Morgan fingerprint density at radius 2 is 1.45 bits per heavy atom. The fourth-order valence-electron chi connectivity index (χ4n) is 2.73. The van der Waals surface area contributed by atoms with Gasteiger partial charge < -0.3 is 16.0 Å². The van der Waals surface area contributed by atoms with Crippen molar-refractivity contribution in [3.8, 4) is 0 Å². The van der Waals surface area contributed by atoms with Crippen LogP contribution < -0.4 is 20.7 Å². The minimum absolute atomic E-state index is 0.0349. The van der Waals surface area contributed by atoms with Crippen molar-refractivity contribution in [3.63, 3.8) is 0 Å². The number of rotatable bonds is 8. The number of hydrogen-bond acceptors (Lipinski definition) is 5. The smallest absolute Gasteiger partial charge is 0.251 e. The maximum Gasteiger partial charge on any atom is 0.251 e. The second-order valence-electron chi connectivity index (χ2n) is 7.36. The number of hydrogen-bond donors (Lipinski definition) is 4. The highest BCUT2D eigenvalue weighted by atomic mass is 32.2. The summed E-state index contributed by atoms with van der Waals surface area (Å²) >= 11 is 0. The summed E-state index contributed by atoms with van der Waals surface area (Å²) in [6.07, 6.45) is 1.99. The van der Waals surface area contributed by atoms with Crippen LogP contribution in [0.4, 0.5) is 11.4 Å².